The Kier molecular flexibility index (Phi) is 5.45. The van der Waals surface area contributed by atoms with Gasteiger partial charge in [0, 0.05) is 24.7 Å². The van der Waals surface area contributed by atoms with Crippen LogP contribution >= 0.6 is 11.6 Å². The second kappa shape index (κ2) is 7.76. The molecule has 1 aliphatic rings. The highest BCUT2D eigenvalue weighted by Crippen LogP contribution is 2.25. The molecule has 1 amide bonds. The van der Waals surface area contributed by atoms with Gasteiger partial charge in [-0.05, 0) is 18.2 Å². The van der Waals surface area contributed by atoms with Crippen molar-refractivity contribution in [1.29, 1.82) is 0 Å². The quantitative estimate of drug-likeness (QED) is 0.881. The van der Waals surface area contributed by atoms with Crippen LogP contribution in [0.15, 0.2) is 30.5 Å². The van der Waals surface area contributed by atoms with Crippen molar-refractivity contribution in [1.82, 2.24) is 10.3 Å². The smallest absolute Gasteiger partial charge is 0.253 e. The molecule has 1 aromatic heterocycles. The van der Waals surface area contributed by atoms with Gasteiger partial charge in [-0.15, -0.1) is 0 Å². The lowest BCUT2D eigenvalue weighted by molar-refractivity contribution is 0.0949. The number of nitrogens with one attached hydrogen (secondary N) is 1. The molecule has 2 aromatic rings. The van der Waals surface area contributed by atoms with Crippen LogP contribution in [0.3, 0.4) is 0 Å². The highest BCUT2D eigenvalue weighted by atomic mass is 35.5. The average Bonchev–Trinajstić information content (AvgIpc) is 3.09. The number of amides is 1. The van der Waals surface area contributed by atoms with Crippen molar-refractivity contribution in [3.8, 4) is 5.88 Å². The number of benzene rings is 1. The Morgan fingerprint density at radius 1 is 1.40 bits per heavy atom. The van der Waals surface area contributed by atoms with Crippen molar-refractivity contribution >= 4 is 17.5 Å². The third-order valence-electron chi connectivity index (χ3n) is 3.72. The molecule has 0 saturated carbocycles. The summed E-state index contributed by atoms with van der Waals surface area (Å²) in [5.74, 6) is -1.78. The van der Waals surface area contributed by atoms with Crippen LogP contribution in [-0.4, -0.2) is 30.2 Å². The average molecular weight is 369 g/mol. The molecule has 1 fully saturated rings. The summed E-state index contributed by atoms with van der Waals surface area (Å²) in [6.45, 7) is 0.802. The summed E-state index contributed by atoms with van der Waals surface area (Å²) in [7, 11) is 0. The Balaban J connectivity index is 1.65. The Hall–Kier alpha value is -2.25. The Morgan fingerprint density at radius 3 is 2.80 bits per heavy atom. The molecule has 2 heterocycles. The van der Waals surface area contributed by atoms with E-state index in [2.05, 4.69) is 10.3 Å². The van der Waals surface area contributed by atoms with Crippen molar-refractivity contribution in [3.05, 3.63) is 58.2 Å². The summed E-state index contributed by atoms with van der Waals surface area (Å²) in [4.78, 5) is 16.2. The number of ether oxygens (including phenoxy) is 2. The Morgan fingerprint density at radius 2 is 2.16 bits per heavy atom. The first-order valence-electron chi connectivity index (χ1n) is 7.65. The fourth-order valence-electron chi connectivity index (χ4n) is 2.37. The van der Waals surface area contributed by atoms with Gasteiger partial charge in [0.25, 0.3) is 5.91 Å². The molecular weight excluding hydrogens is 354 g/mol. The molecule has 3 rings (SSSR count). The van der Waals surface area contributed by atoms with E-state index in [4.69, 9.17) is 21.1 Å². The molecule has 5 nitrogen and oxygen atoms in total. The second-order valence-electron chi connectivity index (χ2n) is 5.50. The van der Waals surface area contributed by atoms with Gasteiger partial charge < -0.3 is 14.8 Å². The van der Waals surface area contributed by atoms with E-state index >= 15 is 0 Å². The molecule has 132 valence electrons. The minimum atomic E-state index is -0.723. The molecule has 8 heteroatoms. The fourth-order valence-corrected chi connectivity index (χ4v) is 2.58. The maximum Gasteiger partial charge on any atom is 0.253 e. The minimum Gasteiger partial charge on any atom is -0.471 e. The predicted molar refractivity (Wildman–Crippen MR) is 86.6 cm³/mol. The lowest BCUT2D eigenvalue weighted by Crippen LogP contribution is -2.24. The maximum atomic E-state index is 13.6. The van der Waals surface area contributed by atoms with Gasteiger partial charge in [-0.3, -0.25) is 4.79 Å². The van der Waals surface area contributed by atoms with Crippen LogP contribution in [-0.2, 0) is 11.3 Å². The van der Waals surface area contributed by atoms with Crippen LogP contribution in [0, 0.1) is 11.6 Å². The third kappa shape index (κ3) is 4.24. The van der Waals surface area contributed by atoms with E-state index < -0.39 is 17.5 Å². The zero-order chi connectivity index (χ0) is 17.8. The predicted octanol–water partition coefficient (Wildman–Crippen LogP) is 3.11. The first kappa shape index (κ1) is 17.6. The summed E-state index contributed by atoms with van der Waals surface area (Å²) in [6.07, 6.45) is 1.92. The van der Waals surface area contributed by atoms with E-state index in [0.717, 1.165) is 18.6 Å². The van der Waals surface area contributed by atoms with Crippen molar-refractivity contribution in [2.45, 2.75) is 19.1 Å². The zero-order valence-electron chi connectivity index (χ0n) is 13.1. The summed E-state index contributed by atoms with van der Waals surface area (Å²) in [5.41, 5.74) is -0.0483. The number of carbonyl (C=O) groups is 1. The maximum absolute atomic E-state index is 13.6. The number of hydrogen-bond acceptors (Lipinski definition) is 4. The molecule has 1 saturated heterocycles. The van der Waals surface area contributed by atoms with Crippen LogP contribution in [0.2, 0.25) is 5.02 Å². The summed E-state index contributed by atoms with van der Waals surface area (Å²) in [5, 5.41) is 2.62. The molecule has 0 spiro atoms. The van der Waals surface area contributed by atoms with E-state index in [1.807, 2.05) is 0 Å². The standard InChI is InChI=1S/C17H15ClF2N2O3/c18-13-6-10(7-22-17(13)25-11-4-5-24-9-11)16(23)21-8-12-14(19)2-1-3-15(12)20/h1-3,6-7,11H,4-5,8-9H2,(H,21,23)/t11-/m0/s1. The Bertz CT molecular complexity index is 762. The number of aromatic nitrogens is 1. The molecule has 1 aromatic carbocycles. The summed E-state index contributed by atoms with van der Waals surface area (Å²) in [6, 6.07) is 4.91. The number of hydrogen-bond donors (Lipinski definition) is 1. The monoisotopic (exact) mass is 368 g/mol. The van der Waals surface area contributed by atoms with Gasteiger partial charge in [0.1, 0.15) is 22.8 Å². The van der Waals surface area contributed by atoms with E-state index in [1.165, 1.54) is 18.3 Å². The van der Waals surface area contributed by atoms with Crippen molar-refractivity contribution < 1.29 is 23.0 Å². The molecule has 1 aliphatic heterocycles. The topological polar surface area (TPSA) is 60.5 Å². The molecule has 0 radical (unpaired) electrons. The van der Waals surface area contributed by atoms with Gasteiger partial charge in [-0.2, -0.15) is 0 Å². The second-order valence-corrected chi connectivity index (χ2v) is 5.90. The molecule has 0 bridgehead atoms. The summed E-state index contributed by atoms with van der Waals surface area (Å²) >= 11 is 6.09. The fraction of sp³-hybridized carbons (Fsp3) is 0.294. The van der Waals surface area contributed by atoms with Gasteiger partial charge in [-0.25, -0.2) is 13.8 Å². The van der Waals surface area contributed by atoms with Crippen LogP contribution in [0.25, 0.3) is 0 Å². The third-order valence-corrected chi connectivity index (χ3v) is 3.99. The zero-order valence-corrected chi connectivity index (χ0v) is 13.9. The van der Waals surface area contributed by atoms with Gasteiger partial charge in [0.05, 0.1) is 18.8 Å². The number of pyridine rings is 1. The van der Waals surface area contributed by atoms with Crippen LogP contribution < -0.4 is 10.1 Å². The van der Waals surface area contributed by atoms with E-state index in [1.54, 1.807) is 0 Å². The van der Waals surface area contributed by atoms with Crippen LogP contribution in [0.5, 0.6) is 5.88 Å². The van der Waals surface area contributed by atoms with Gasteiger partial charge in [-0.1, -0.05) is 17.7 Å². The van der Waals surface area contributed by atoms with Gasteiger partial charge in [0.2, 0.25) is 5.88 Å². The van der Waals surface area contributed by atoms with E-state index in [9.17, 15) is 13.6 Å². The number of halogens is 3. The van der Waals surface area contributed by atoms with Gasteiger partial charge in [0.15, 0.2) is 0 Å². The normalized spacial score (nSPS) is 16.7. The van der Waals surface area contributed by atoms with Gasteiger partial charge >= 0.3 is 0 Å². The summed E-state index contributed by atoms with van der Waals surface area (Å²) < 4.78 is 37.9. The first-order valence-corrected chi connectivity index (χ1v) is 8.03. The highest BCUT2D eigenvalue weighted by molar-refractivity contribution is 6.32. The molecule has 1 atom stereocenters. The van der Waals surface area contributed by atoms with E-state index in [0.29, 0.717) is 13.2 Å². The van der Waals surface area contributed by atoms with Crippen LogP contribution in [0.1, 0.15) is 22.3 Å². The molecule has 0 unspecified atom stereocenters. The van der Waals surface area contributed by atoms with Crippen molar-refractivity contribution in [2.75, 3.05) is 13.2 Å². The lowest BCUT2D eigenvalue weighted by atomic mass is 10.2. The largest absolute Gasteiger partial charge is 0.471 e. The lowest BCUT2D eigenvalue weighted by Gasteiger charge is -2.13. The van der Waals surface area contributed by atoms with Crippen molar-refractivity contribution in [2.24, 2.45) is 0 Å². The van der Waals surface area contributed by atoms with Crippen molar-refractivity contribution in [3.63, 3.8) is 0 Å². The SMILES string of the molecule is O=C(NCc1c(F)cccc1F)c1cnc(O[C@H]2CCOC2)c(Cl)c1. The van der Waals surface area contributed by atoms with Crippen LogP contribution in [0.4, 0.5) is 8.78 Å². The first-order chi connectivity index (χ1) is 12.0. The molecule has 0 aliphatic carbocycles. The number of nitrogens with zero attached hydrogens (tertiary/aromatic N) is 1. The molecule has 1 N–H and O–H groups in total. The minimum absolute atomic E-state index is 0.117. The number of carbonyl (C=O) groups excluding carboxylic acids is 1. The highest BCUT2D eigenvalue weighted by Gasteiger charge is 2.20. The number of rotatable bonds is 5. The van der Waals surface area contributed by atoms with E-state index in [-0.39, 0.29) is 34.7 Å². The Labute approximate surface area is 147 Å². The molecule has 25 heavy (non-hydrogen) atoms. The molecular formula is C17H15ClF2N2O3.